The standard InChI is InChI=1S/C24H24B3N7O4S/c1-3-18(35)28-10-13-11-29-23(39-13)14-5-4-6-15(20(14)38-2)30-16-9-17(31-21(36)12-7-8-12)33-34-19(16)22(37)32-24(25,26)27/h4-6,9,11-12H,3,7-8,10H2,1-2H3,(H,28,35)(H,32,37)(H2,30,31,33,36). The summed E-state index contributed by atoms with van der Waals surface area (Å²) < 4.78 is 5.71. The molecule has 0 bridgehead atoms. The minimum Gasteiger partial charge on any atom is -0.494 e. The van der Waals surface area contributed by atoms with Gasteiger partial charge < -0.3 is 26.0 Å². The second kappa shape index (κ2) is 11.9. The van der Waals surface area contributed by atoms with Gasteiger partial charge in [0.1, 0.15) is 5.01 Å². The number of carbonyl (C=O) groups is 3. The van der Waals surface area contributed by atoms with Crippen LogP contribution in [-0.4, -0.2) is 68.8 Å². The predicted octanol–water partition coefficient (Wildman–Crippen LogP) is 1.57. The van der Waals surface area contributed by atoms with Gasteiger partial charge >= 0.3 is 0 Å². The fourth-order valence-electron chi connectivity index (χ4n) is 3.54. The minimum atomic E-state index is -1.99. The maximum atomic E-state index is 12.8. The number of ether oxygens (including phenoxy) is 1. The molecule has 2 heterocycles. The number of nitrogens with one attached hydrogen (secondary N) is 4. The van der Waals surface area contributed by atoms with Gasteiger partial charge in [-0.1, -0.05) is 18.2 Å². The van der Waals surface area contributed by atoms with Crippen LogP contribution in [0, 0.1) is 5.92 Å². The third kappa shape index (κ3) is 7.37. The number of rotatable bonds is 11. The molecule has 2 aromatic heterocycles. The summed E-state index contributed by atoms with van der Waals surface area (Å²) in [7, 11) is 18.1. The first-order valence-corrected chi connectivity index (χ1v) is 12.9. The number of aromatic nitrogens is 3. The van der Waals surface area contributed by atoms with E-state index in [1.165, 1.54) is 24.5 Å². The summed E-state index contributed by atoms with van der Waals surface area (Å²) in [5.74, 6) is -0.483. The molecule has 39 heavy (non-hydrogen) atoms. The summed E-state index contributed by atoms with van der Waals surface area (Å²) in [5, 5.41) is 17.5. The number of para-hydroxylation sites is 1. The van der Waals surface area contributed by atoms with E-state index in [1.54, 1.807) is 25.3 Å². The second-order valence-corrected chi connectivity index (χ2v) is 10.0. The van der Waals surface area contributed by atoms with E-state index in [1.807, 2.05) is 6.07 Å². The van der Waals surface area contributed by atoms with Crippen LogP contribution < -0.4 is 26.0 Å². The van der Waals surface area contributed by atoms with Crippen LogP contribution in [0.1, 0.15) is 41.6 Å². The van der Waals surface area contributed by atoms with Crippen molar-refractivity contribution in [2.45, 2.75) is 38.0 Å². The molecule has 1 fully saturated rings. The second-order valence-electron chi connectivity index (χ2n) is 8.92. The van der Waals surface area contributed by atoms with E-state index >= 15 is 0 Å². The fourth-order valence-corrected chi connectivity index (χ4v) is 4.41. The van der Waals surface area contributed by atoms with Gasteiger partial charge in [0.15, 0.2) is 17.3 Å². The minimum absolute atomic E-state index is 0.0524. The highest BCUT2D eigenvalue weighted by molar-refractivity contribution is 7.15. The Hall–Kier alpha value is -3.87. The van der Waals surface area contributed by atoms with Crippen LogP contribution >= 0.6 is 11.3 Å². The van der Waals surface area contributed by atoms with Crippen molar-refractivity contribution < 1.29 is 19.1 Å². The molecule has 1 aromatic carbocycles. The first-order chi connectivity index (χ1) is 18.6. The van der Waals surface area contributed by atoms with Crippen molar-refractivity contribution in [3.05, 3.63) is 41.0 Å². The van der Waals surface area contributed by atoms with Crippen LogP contribution in [0.5, 0.6) is 5.75 Å². The van der Waals surface area contributed by atoms with Crippen molar-refractivity contribution in [3.63, 3.8) is 0 Å². The first-order valence-electron chi connectivity index (χ1n) is 12.1. The van der Waals surface area contributed by atoms with Crippen molar-refractivity contribution in [2.75, 3.05) is 17.7 Å². The van der Waals surface area contributed by atoms with E-state index in [0.717, 1.165) is 17.7 Å². The number of hydrogen-bond donors (Lipinski definition) is 4. The van der Waals surface area contributed by atoms with E-state index in [9.17, 15) is 14.4 Å². The van der Waals surface area contributed by atoms with E-state index in [-0.39, 0.29) is 34.9 Å². The number of anilines is 3. The lowest BCUT2D eigenvalue weighted by Crippen LogP contribution is -2.50. The van der Waals surface area contributed by atoms with Crippen molar-refractivity contribution in [3.8, 4) is 16.3 Å². The molecule has 0 saturated heterocycles. The monoisotopic (exact) mass is 539 g/mol. The topological polar surface area (TPSA) is 147 Å². The summed E-state index contributed by atoms with van der Waals surface area (Å²) >= 11 is 1.41. The zero-order valence-electron chi connectivity index (χ0n) is 21.4. The van der Waals surface area contributed by atoms with Crippen LogP contribution in [0.2, 0.25) is 0 Å². The highest BCUT2D eigenvalue weighted by Crippen LogP contribution is 2.40. The first kappa shape index (κ1) is 28.2. The number of hydrogen-bond acceptors (Lipinski definition) is 9. The number of methoxy groups -OCH3 is 1. The van der Waals surface area contributed by atoms with E-state index in [2.05, 4.69) is 36.4 Å². The SMILES string of the molecule is [B]C([B])([B])NC(=O)c1nnc(NC(=O)C2CC2)cc1Nc1cccc(-c2ncc(CNC(=O)CC)s2)c1OC. The molecule has 3 aromatic rings. The summed E-state index contributed by atoms with van der Waals surface area (Å²) in [5.41, 5.74) is 1.18. The van der Waals surface area contributed by atoms with Crippen LogP contribution in [0.3, 0.4) is 0 Å². The lowest BCUT2D eigenvalue weighted by atomic mass is 9.49. The molecule has 0 aliphatic heterocycles. The highest BCUT2D eigenvalue weighted by atomic mass is 32.1. The summed E-state index contributed by atoms with van der Waals surface area (Å²) in [6, 6.07) is 6.83. The maximum Gasteiger partial charge on any atom is 0.272 e. The van der Waals surface area contributed by atoms with Gasteiger partial charge in [0, 0.05) is 29.5 Å². The van der Waals surface area contributed by atoms with E-state index in [0.29, 0.717) is 35.0 Å². The van der Waals surface area contributed by atoms with Crippen LogP contribution in [0.25, 0.3) is 10.6 Å². The molecule has 3 amide bonds. The zero-order chi connectivity index (χ0) is 28.2. The average Bonchev–Trinajstić information content (AvgIpc) is 3.64. The largest absolute Gasteiger partial charge is 0.494 e. The number of carbonyl (C=O) groups excluding carboxylic acids is 3. The molecule has 0 spiro atoms. The Morgan fingerprint density at radius 3 is 2.59 bits per heavy atom. The quantitative estimate of drug-likeness (QED) is 0.269. The van der Waals surface area contributed by atoms with E-state index in [4.69, 9.17) is 28.3 Å². The third-order valence-electron chi connectivity index (χ3n) is 5.59. The van der Waals surface area contributed by atoms with Gasteiger partial charge in [0.05, 0.1) is 54.1 Å². The fraction of sp³-hybridized carbons (Fsp3) is 0.333. The Morgan fingerprint density at radius 1 is 1.15 bits per heavy atom. The number of benzene rings is 1. The molecule has 194 valence electrons. The Morgan fingerprint density at radius 2 is 1.92 bits per heavy atom. The molecule has 0 unspecified atom stereocenters. The molecule has 6 radical (unpaired) electrons. The number of thiazole rings is 1. The Balaban J connectivity index is 1.66. The Labute approximate surface area is 233 Å². The molecule has 0 atom stereocenters. The lowest BCUT2D eigenvalue weighted by Gasteiger charge is -2.23. The molecule has 4 N–H and O–H groups in total. The molecule has 1 saturated carbocycles. The van der Waals surface area contributed by atoms with Gasteiger partial charge in [0.2, 0.25) is 11.8 Å². The summed E-state index contributed by atoms with van der Waals surface area (Å²) in [6.07, 6.45) is 3.71. The smallest absolute Gasteiger partial charge is 0.272 e. The molecule has 1 aliphatic carbocycles. The van der Waals surface area contributed by atoms with Crippen molar-refractivity contribution >= 4 is 69.8 Å². The van der Waals surface area contributed by atoms with Gasteiger partial charge in [-0.05, 0) is 25.0 Å². The molecule has 11 nitrogen and oxygen atoms in total. The van der Waals surface area contributed by atoms with Crippen LogP contribution in [0.15, 0.2) is 30.5 Å². The summed E-state index contributed by atoms with van der Waals surface area (Å²) in [6.45, 7) is 2.15. The molecule has 1 aliphatic rings. The Bertz CT molecular complexity index is 1390. The number of amides is 3. The van der Waals surface area contributed by atoms with Gasteiger partial charge in [-0.2, -0.15) is 0 Å². The van der Waals surface area contributed by atoms with Gasteiger partial charge in [-0.25, -0.2) is 4.98 Å². The van der Waals surface area contributed by atoms with Crippen LogP contribution in [0.4, 0.5) is 17.2 Å². The molecule has 15 heteroatoms. The normalized spacial score (nSPS) is 12.9. The van der Waals surface area contributed by atoms with Crippen molar-refractivity contribution in [1.29, 1.82) is 0 Å². The van der Waals surface area contributed by atoms with Gasteiger partial charge in [0.25, 0.3) is 5.91 Å². The lowest BCUT2D eigenvalue weighted by molar-refractivity contribution is -0.121. The highest BCUT2D eigenvalue weighted by Gasteiger charge is 2.30. The summed E-state index contributed by atoms with van der Waals surface area (Å²) in [4.78, 5) is 42.1. The third-order valence-corrected chi connectivity index (χ3v) is 6.62. The predicted molar refractivity (Wildman–Crippen MR) is 150 cm³/mol. The molecular formula is C24H24B3N7O4S. The van der Waals surface area contributed by atoms with Crippen molar-refractivity contribution in [1.82, 2.24) is 25.8 Å². The molecular weight excluding hydrogens is 515 g/mol. The zero-order valence-corrected chi connectivity index (χ0v) is 22.2. The maximum absolute atomic E-state index is 12.8. The van der Waals surface area contributed by atoms with E-state index < -0.39 is 11.1 Å². The van der Waals surface area contributed by atoms with Gasteiger partial charge in [-0.15, -0.1) is 21.5 Å². The van der Waals surface area contributed by atoms with Crippen LogP contribution in [-0.2, 0) is 16.1 Å². The average molecular weight is 539 g/mol. The molecule has 4 rings (SSSR count). The number of nitrogens with zero attached hydrogens (tertiary/aromatic N) is 3. The van der Waals surface area contributed by atoms with Crippen molar-refractivity contribution in [2.24, 2.45) is 5.92 Å². The van der Waals surface area contributed by atoms with Gasteiger partial charge in [-0.3, -0.25) is 14.4 Å². The Kier molecular flexibility index (Phi) is 8.58.